The fraction of sp³-hybridized carbons (Fsp3) is 0.474. The number of nitrogens with zero attached hydrogens (tertiary/aromatic N) is 2. The van der Waals surface area contributed by atoms with E-state index >= 15 is 0 Å². The van der Waals surface area contributed by atoms with Crippen molar-refractivity contribution in [3.8, 4) is 11.5 Å². The summed E-state index contributed by atoms with van der Waals surface area (Å²) in [6.07, 6.45) is 7.18. The Balaban J connectivity index is 1.65. The number of hydrogen-bond acceptors (Lipinski definition) is 4. The number of aryl methyl sites for hydroxylation is 1. The van der Waals surface area contributed by atoms with Crippen molar-refractivity contribution in [2.24, 2.45) is 7.05 Å². The molecule has 1 aliphatic carbocycles. The van der Waals surface area contributed by atoms with Crippen molar-refractivity contribution in [2.75, 3.05) is 12.4 Å². The number of rotatable bonds is 4. The molecule has 6 heteroatoms. The molecule has 6 nitrogen and oxygen atoms in total. The van der Waals surface area contributed by atoms with Crippen molar-refractivity contribution < 1.29 is 14.3 Å². The van der Waals surface area contributed by atoms with Gasteiger partial charge in [-0.25, -0.2) is 0 Å². The zero-order valence-electron chi connectivity index (χ0n) is 14.6. The Bertz CT molecular complexity index is 793. The summed E-state index contributed by atoms with van der Waals surface area (Å²) >= 11 is 0. The number of nitrogens with one attached hydrogen (secondary N) is 1. The lowest BCUT2D eigenvalue weighted by atomic mass is 9.87. The number of anilines is 1. The number of aromatic nitrogens is 2. The fourth-order valence-corrected chi connectivity index (χ4v) is 3.82. The number of hydrogen-bond donors (Lipinski definition) is 1. The summed E-state index contributed by atoms with van der Waals surface area (Å²) in [4.78, 5) is 12.1. The van der Waals surface area contributed by atoms with Gasteiger partial charge in [-0.2, -0.15) is 5.10 Å². The van der Waals surface area contributed by atoms with Crippen LogP contribution in [-0.4, -0.2) is 28.9 Å². The lowest BCUT2D eigenvalue weighted by Crippen LogP contribution is -2.24. The van der Waals surface area contributed by atoms with E-state index in [1.54, 1.807) is 11.8 Å². The Hall–Kier alpha value is -2.50. The molecule has 132 valence electrons. The van der Waals surface area contributed by atoms with Crippen LogP contribution in [0.25, 0.3) is 0 Å². The van der Waals surface area contributed by atoms with Crippen molar-refractivity contribution >= 4 is 11.7 Å². The van der Waals surface area contributed by atoms with Crippen molar-refractivity contribution in [1.82, 2.24) is 9.78 Å². The zero-order chi connectivity index (χ0) is 17.4. The predicted octanol–water partition coefficient (Wildman–Crippen LogP) is 3.22. The molecule has 0 saturated heterocycles. The first kappa shape index (κ1) is 16.0. The normalized spacial score (nSPS) is 20.2. The van der Waals surface area contributed by atoms with E-state index in [0.717, 1.165) is 41.3 Å². The maximum Gasteiger partial charge on any atom is 0.226 e. The Kier molecular flexibility index (Phi) is 4.11. The smallest absolute Gasteiger partial charge is 0.226 e. The van der Waals surface area contributed by atoms with Gasteiger partial charge in [-0.3, -0.25) is 9.48 Å². The fourth-order valence-electron chi connectivity index (χ4n) is 3.82. The van der Waals surface area contributed by atoms with Crippen LogP contribution >= 0.6 is 0 Å². The minimum Gasteiger partial charge on any atom is -0.493 e. The first-order valence-corrected chi connectivity index (χ1v) is 8.82. The second kappa shape index (κ2) is 6.43. The topological polar surface area (TPSA) is 65.4 Å². The number of methoxy groups -OCH3 is 1. The molecule has 1 amide bonds. The standard InChI is InChI=1S/C19H23N3O3/c1-22-19-15(11-20-22)14(10-18(23)21-19)12-7-8-16(17(9-12)24-2)25-13-5-3-4-6-13/h7-9,11,13-14H,3-6,10H2,1-2H3,(H,21,23)/t14-/m1/s1. The van der Waals surface area contributed by atoms with E-state index in [9.17, 15) is 4.79 Å². The molecule has 2 aliphatic rings. The average Bonchev–Trinajstić information content (AvgIpc) is 3.25. The van der Waals surface area contributed by atoms with Crippen molar-refractivity contribution in [3.63, 3.8) is 0 Å². The summed E-state index contributed by atoms with van der Waals surface area (Å²) in [5.74, 6) is 2.26. The first-order valence-electron chi connectivity index (χ1n) is 8.82. The van der Waals surface area contributed by atoms with Crippen LogP contribution in [0.2, 0.25) is 0 Å². The summed E-state index contributed by atoms with van der Waals surface area (Å²) in [6, 6.07) is 5.99. The van der Waals surface area contributed by atoms with E-state index in [0.29, 0.717) is 6.42 Å². The number of carbonyl (C=O) groups excluding carboxylic acids is 1. The largest absolute Gasteiger partial charge is 0.493 e. The molecular formula is C19H23N3O3. The van der Waals surface area contributed by atoms with Crippen LogP contribution in [-0.2, 0) is 11.8 Å². The maximum atomic E-state index is 12.1. The van der Waals surface area contributed by atoms with Crippen molar-refractivity contribution in [2.45, 2.75) is 44.1 Å². The predicted molar refractivity (Wildman–Crippen MR) is 94.2 cm³/mol. The van der Waals surface area contributed by atoms with Gasteiger partial charge in [0.05, 0.1) is 19.4 Å². The number of fused-ring (bicyclic) bond motifs is 1. The second-order valence-corrected chi connectivity index (χ2v) is 6.81. The van der Waals surface area contributed by atoms with Crippen LogP contribution in [0.1, 0.15) is 49.1 Å². The summed E-state index contributed by atoms with van der Waals surface area (Å²) < 4.78 is 13.4. The molecule has 1 aliphatic heterocycles. The first-order chi connectivity index (χ1) is 12.2. The molecule has 0 bridgehead atoms. The Morgan fingerprint density at radius 3 is 2.80 bits per heavy atom. The molecule has 0 radical (unpaired) electrons. The van der Waals surface area contributed by atoms with Gasteiger partial charge in [-0.15, -0.1) is 0 Å². The Morgan fingerprint density at radius 1 is 1.24 bits per heavy atom. The molecule has 1 atom stereocenters. The van der Waals surface area contributed by atoms with Crippen LogP contribution in [0.15, 0.2) is 24.4 Å². The molecule has 2 heterocycles. The molecule has 0 unspecified atom stereocenters. The van der Waals surface area contributed by atoms with E-state index in [2.05, 4.69) is 10.4 Å². The highest BCUT2D eigenvalue weighted by Gasteiger charge is 2.30. The second-order valence-electron chi connectivity index (χ2n) is 6.81. The van der Waals surface area contributed by atoms with Crippen LogP contribution in [0.5, 0.6) is 11.5 Å². The molecule has 25 heavy (non-hydrogen) atoms. The third-order valence-electron chi connectivity index (χ3n) is 5.18. The van der Waals surface area contributed by atoms with Gasteiger partial charge in [-0.1, -0.05) is 6.07 Å². The highest BCUT2D eigenvalue weighted by Crippen LogP contribution is 2.40. The third kappa shape index (κ3) is 2.97. The molecule has 1 aromatic heterocycles. The van der Waals surface area contributed by atoms with Gasteiger partial charge in [0.25, 0.3) is 0 Å². The maximum absolute atomic E-state index is 12.1. The molecular weight excluding hydrogens is 318 g/mol. The third-order valence-corrected chi connectivity index (χ3v) is 5.18. The van der Waals surface area contributed by atoms with Crippen LogP contribution in [0, 0.1) is 0 Å². The lowest BCUT2D eigenvalue weighted by molar-refractivity contribution is -0.116. The Morgan fingerprint density at radius 2 is 2.04 bits per heavy atom. The van der Waals surface area contributed by atoms with E-state index < -0.39 is 0 Å². The van der Waals surface area contributed by atoms with Gasteiger partial charge in [0.1, 0.15) is 5.82 Å². The van der Waals surface area contributed by atoms with Crippen molar-refractivity contribution in [3.05, 3.63) is 35.5 Å². The van der Waals surface area contributed by atoms with E-state index in [-0.39, 0.29) is 17.9 Å². The summed E-state index contributed by atoms with van der Waals surface area (Å²) in [5.41, 5.74) is 2.08. The number of benzene rings is 1. The minimum absolute atomic E-state index is 0.00588. The SMILES string of the molecule is COc1cc([C@H]2CC(=O)Nc3c2cnn3C)ccc1OC1CCCC1. The van der Waals surface area contributed by atoms with Gasteiger partial charge in [-0.05, 0) is 43.4 Å². The average molecular weight is 341 g/mol. The molecule has 2 aromatic rings. The van der Waals surface area contributed by atoms with Gasteiger partial charge in [0.15, 0.2) is 11.5 Å². The zero-order valence-corrected chi connectivity index (χ0v) is 14.6. The van der Waals surface area contributed by atoms with Gasteiger partial charge >= 0.3 is 0 Å². The van der Waals surface area contributed by atoms with Gasteiger partial charge in [0.2, 0.25) is 5.91 Å². The van der Waals surface area contributed by atoms with E-state index in [1.807, 2.05) is 31.4 Å². The molecule has 1 fully saturated rings. The molecule has 4 rings (SSSR count). The lowest BCUT2D eigenvalue weighted by Gasteiger charge is -2.24. The molecule has 0 spiro atoms. The Labute approximate surface area is 147 Å². The van der Waals surface area contributed by atoms with E-state index in [1.165, 1.54) is 12.8 Å². The number of carbonyl (C=O) groups is 1. The monoisotopic (exact) mass is 341 g/mol. The van der Waals surface area contributed by atoms with E-state index in [4.69, 9.17) is 9.47 Å². The highest BCUT2D eigenvalue weighted by molar-refractivity contribution is 5.94. The molecule has 1 saturated carbocycles. The highest BCUT2D eigenvalue weighted by atomic mass is 16.5. The van der Waals surface area contributed by atoms with Gasteiger partial charge < -0.3 is 14.8 Å². The minimum atomic E-state index is -0.0214. The summed E-state index contributed by atoms with van der Waals surface area (Å²) in [6.45, 7) is 0. The summed E-state index contributed by atoms with van der Waals surface area (Å²) in [7, 11) is 3.49. The molecule has 1 N–H and O–H groups in total. The molecule has 1 aromatic carbocycles. The van der Waals surface area contributed by atoms with Crippen LogP contribution in [0.4, 0.5) is 5.82 Å². The van der Waals surface area contributed by atoms with Crippen molar-refractivity contribution in [1.29, 1.82) is 0 Å². The number of ether oxygens (including phenoxy) is 2. The quantitative estimate of drug-likeness (QED) is 0.927. The van der Waals surface area contributed by atoms with Crippen LogP contribution in [0.3, 0.4) is 0 Å². The number of amides is 1. The van der Waals surface area contributed by atoms with Crippen LogP contribution < -0.4 is 14.8 Å². The van der Waals surface area contributed by atoms with Gasteiger partial charge in [0, 0.05) is 24.9 Å². The summed E-state index contributed by atoms with van der Waals surface area (Å²) in [5, 5.41) is 7.18.